The van der Waals surface area contributed by atoms with Crippen LogP contribution < -0.4 is 0 Å². The Kier molecular flexibility index (Phi) is 4.33. The van der Waals surface area contributed by atoms with Gasteiger partial charge < -0.3 is 5.11 Å². The van der Waals surface area contributed by atoms with Crippen LogP contribution in [0.15, 0.2) is 46.3 Å². The fourth-order valence-electron chi connectivity index (χ4n) is 1.35. The Labute approximate surface area is 117 Å². The van der Waals surface area contributed by atoms with Gasteiger partial charge in [0.1, 0.15) is 9.63 Å². The van der Waals surface area contributed by atoms with E-state index < -0.39 is 5.97 Å². The predicted molar refractivity (Wildman–Crippen MR) is 72.7 cm³/mol. The zero-order valence-corrected chi connectivity index (χ0v) is 11.6. The molecule has 0 aliphatic rings. The first kappa shape index (κ1) is 13.0. The third-order valence-corrected chi connectivity index (χ3v) is 3.68. The van der Waals surface area contributed by atoms with Gasteiger partial charge in [-0.05, 0) is 45.8 Å². The highest BCUT2D eigenvalue weighted by molar-refractivity contribution is 9.10. The van der Waals surface area contributed by atoms with Gasteiger partial charge in [0.2, 0.25) is 0 Å². The standard InChI is InChI=1S/C12H9BrN2O2S/c13-10-6-8(3-5-14-10)7-18-11-9(12(16)17)2-1-4-15-11/h1-6H,7H2,(H,16,17). The van der Waals surface area contributed by atoms with Gasteiger partial charge >= 0.3 is 5.97 Å². The molecule has 2 rings (SSSR count). The number of hydrogen-bond acceptors (Lipinski definition) is 4. The molecule has 2 heterocycles. The van der Waals surface area contributed by atoms with Gasteiger partial charge in [0.25, 0.3) is 0 Å². The number of halogens is 1. The van der Waals surface area contributed by atoms with Crippen LogP contribution in [0.5, 0.6) is 0 Å². The Balaban J connectivity index is 2.13. The fraction of sp³-hybridized carbons (Fsp3) is 0.0833. The maximum Gasteiger partial charge on any atom is 0.338 e. The number of rotatable bonds is 4. The van der Waals surface area contributed by atoms with Crippen molar-refractivity contribution in [2.45, 2.75) is 10.8 Å². The van der Waals surface area contributed by atoms with Crippen LogP contribution in [0.25, 0.3) is 0 Å². The third-order valence-electron chi connectivity index (χ3n) is 2.17. The number of aromatic carboxylic acids is 1. The number of hydrogen-bond donors (Lipinski definition) is 1. The van der Waals surface area contributed by atoms with E-state index in [-0.39, 0.29) is 5.56 Å². The number of nitrogens with zero attached hydrogens (tertiary/aromatic N) is 2. The second kappa shape index (κ2) is 5.97. The lowest BCUT2D eigenvalue weighted by Crippen LogP contribution is -2.00. The van der Waals surface area contributed by atoms with Gasteiger partial charge in [-0.15, -0.1) is 11.8 Å². The molecule has 4 nitrogen and oxygen atoms in total. The third kappa shape index (κ3) is 3.30. The average Bonchev–Trinajstić information content (AvgIpc) is 2.37. The van der Waals surface area contributed by atoms with Gasteiger partial charge in [-0.25, -0.2) is 14.8 Å². The van der Waals surface area contributed by atoms with E-state index in [4.69, 9.17) is 5.11 Å². The molecule has 18 heavy (non-hydrogen) atoms. The number of pyridine rings is 2. The lowest BCUT2D eigenvalue weighted by atomic mass is 10.3. The summed E-state index contributed by atoms with van der Waals surface area (Å²) in [6.07, 6.45) is 3.30. The Hall–Kier alpha value is -1.40. The van der Waals surface area contributed by atoms with Crippen molar-refractivity contribution < 1.29 is 9.90 Å². The van der Waals surface area contributed by atoms with Gasteiger partial charge in [0.15, 0.2) is 0 Å². The molecule has 1 N–H and O–H groups in total. The molecular weight excluding hydrogens is 316 g/mol. The van der Waals surface area contributed by atoms with Crippen LogP contribution in [0.3, 0.4) is 0 Å². The molecular formula is C12H9BrN2O2S. The summed E-state index contributed by atoms with van der Waals surface area (Å²) in [7, 11) is 0. The number of carbonyl (C=O) groups is 1. The van der Waals surface area contributed by atoms with Crippen LogP contribution in [-0.4, -0.2) is 21.0 Å². The molecule has 2 aromatic rings. The summed E-state index contributed by atoms with van der Waals surface area (Å²) in [4.78, 5) is 19.1. The minimum absolute atomic E-state index is 0.232. The quantitative estimate of drug-likeness (QED) is 0.691. The van der Waals surface area contributed by atoms with E-state index in [1.807, 2.05) is 12.1 Å². The van der Waals surface area contributed by atoms with Crippen molar-refractivity contribution >= 4 is 33.7 Å². The van der Waals surface area contributed by atoms with E-state index in [0.717, 1.165) is 10.2 Å². The first-order valence-corrected chi connectivity index (χ1v) is 6.86. The maximum atomic E-state index is 11.0. The summed E-state index contributed by atoms with van der Waals surface area (Å²) < 4.78 is 0.764. The van der Waals surface area contributed by atoms with Crippen molar-refractivity contribution in [1.29, 1.82) is 0 Å². The molecule has 0 aliphatic heterocycles. The monoisotopic (exact) mass is 324 g/mol. The first-order valence-electron chi connectivity index (χ1n) is 5.08. The van der Waals surface area contributed by atoms with E-state index in [1.54, 1.807) is 24.5 Å². The van der Waals surface area contributed by atoms with Gasteiger partial charge in [-0.3, -0.25) is 0 Å². The molecule has 0 saturated carbocycles. The van der Waals surface area contributed by atoms with Crippen molar-refractivity contribution in [2.75, 3.05) is 0 Å². The van der Waals surface area contributed by atoms with E-state index in [2.05, 4.69) is 25.9 Å². The fourth-order valence-corrected chi connectivity index (χ4v) is 2.69. The minimum Gasteiger partial charge on any atom is -0.478 e. The predicted octanol–water partition coefficient (Wildman–Crippen LogP) is 3.23. The van der Waals surface area contributed by atoms with E-state index >= 15 is 0 Å². The minimum atomic E-state index is -0.957. The highest BCUT2D eigenvalue weighted by atomic mass is 79.9. The smallest absolute Gasteiger partial charge is 0.338 e. The molecule has 6 heteroatoms. The van der Waals surface area contributed by atoms with E-state index in [0.29, 0.717) is 10.8 Å². The summed E-state index contributed by atoms with van der Waals surface area (Å²) in [5.41, 5.74) is 1.29. The SMILES string of the molecule is O=C(O)c1cccnc1SCc1ccnc(Br)c1. The molecule has 0 atom stereocenters. The van der Waals surface area contributed by atoms with Gasteiger partial charge in [-0.2, -0.15) is 0 Å². The molecule has 2 aromatic heterocycles. The lowest BCUT2D eigenvalue weighted by molar-refractivity contribution is 0.0692. The van der Waals surface area contributed by atoms with E-state index in [1.165, 1.54) is 11.8 Å². The van der Waals surface area contributed by atoms with Gasteiger partial charge in [-0.1, -0.05) is 0 Å². The summed E-state index contributed by atoms with van der Waals surface area (Å²) >= 11 is 4.69. The Morgan fingerprint density at radius 1 is 1.33 bits per heavy atom. The number of aromatic nitrogens is 2. The molecule has 0 aromatic carbocycles. The first-order chi connectivity index (χ1) is 8.66. The van der Waals surface area contributed by atoms with Crippen LogP contribution >= 0.6 is 27.7 Å². The molecule has 0 unspecified atom stereocenters. The molecule has 0 amide bonds. The van der Waals surface area contributed by atoms with Gasteiger partial charge in [0, 0.05) is 18.1 Å². The molecule has 0 radical (unpaired) electrons. The van der Waals surface area contributed by atoms with Crippen molar-refractivity contribution in [2.24, 2.45) is 0 Å². The molecule has 0 aliphatic carbocycles. The lowest BCUT2D eigenvalue weighted by Gasteiger charge is -2.04. The zero-order valence-electron chi connectivity index (χ0n) is 9.21. The van der Waals surface area contributed by atoms with Crippen LogP contribution in [0, 0.1) is 0 Å². The number of carboxylic acid groups (broad SMARTS) is 1. The topological polar surface area (TPSA) is 63.1 Å². The molecule has 92 valence electrons. The molecule has 0 fully saturated rings. The summed E-state index contributed by atoms with van der Waals surface area (Å²) in [6.45, 7) is 0. The summed E-state index contributed by atoms with van der Waals surface area (Å²) in [6, 6.07) is 6.97. The molecule has 0 spiro atoms. The van der Waals surface area contributed by atoms with E-state index in [9.17, 15) is 4.79 Å². The summed E-state index contributed by atoms with van der Waals surface area (Å²) in [5, 5.41) is 9.56. The Morgan fingerprint density at radius 2 is 2.17 bits per heavy atom. The van der Waals surface area contributed by atoms with Crippen molar-refractivity contribution in [3.63, 3.8) is 0 Å². The Morgan fingerprint density at radius 3 is 2.89 bits per heavy atom. The van der Waals surface area contributed by atoms with Crippen LogP contribution in [0.2, 0.25) is 0 Å². The van der Waals surface area contributed by atoms with Gasteiger partial charge in [0.05, 0.1) is 5.56 Å². The van der Waals surface area contributed by atoms with Crippen molar-refractivity contribution in [3.8, 4) is 0 Å². The average molecular weight is 325 g/mol. The Bertz CT molecular complexity index is 578. The molecule has 0 saturated heterocycles. The zero-order chi connectivity index (χ0) is 13.0. The summed E-state index contributed by atoms with van der Waals surface area (Å²) in [5.74, 6) is -0.306. The normalized spacial score (nSPS) is 10.3. The van der Waals surface area contributed by atoms with Crippen molar-refractivity contribution in [3.05, 3.63) is 52.4 Å². The van der Waals surface area contributed by atoms with Crippen LogP contribution in [0.4, 0.5) is 0 Å². The largest absolute Gasteiger partial charge is 0.478 e. The van der Waals surface area contributed by atoms with Crippen LogP contribution in [-0.2, 0) is 5.75 Å². The highest BCUT2D eigenvalue weighted by Crippen LogP contribution is 2.24. The van der Waals surface area contributed by atoms with Crippen LogP contribution in [0.1, 0.15) is 15.9 Å². The number of thioether (sulfide) groups is 1. The second-order valence-corrected chi connectivity index (χ2v) is 5.21. The molecule has 0 bridgehead atoms. The van der Waals surface area contributed by atoms with Crippen molar-refractivity contribution in [1.82, 2.24) is 9.97 Å². The number of carboxylic acids is 1. The highest BCUT2D eigenvalue weighted by Gasteiger charge is 2.10. The maximum absolute atomic E-state index is 11.0. The second-order valence-electron chi connectivity index (χ2n) is 3.44.